The Morgan fingerprint density at radius 3 is 1.16 bits per heavy atom. The normalized spacial score (nSPS) is 12.4. The number of aliphatic carboxylic acids is 2. The van der Waals surface area contributed by atoms with E-state index in [1.165, 1.54) is 28.4 Å². The van der Waals surface area contributed by atoms with Gasteiger partial charge < -0.3 is 29.2 Å². The van der Waals surface area contributed by atoms with Gasteiger partial charge in [0.25, 0.3) is 0 Å². The Bertz CT molecular complexity index is 212. The average molecular weight is 334 g/mol. The standard InChI is InChI=1S/2C5H10O4.Zn/c2*1-8-3-4(9-2)5(6)7;/h2*4H,3H2,1-2H3,(H,6,7);. The summed E-state index contributed by atoms with van der Waals surface area (Å²) in [6.07, 6.45) is -1.68. The van der Waals surface area contributed by atoms with Crippen LogP contribution >= 0.6 is 0 Å². The second kappa shape index (κ2) is 15.5. The summed E-state index contributed by atoms with van der Waals surface area (Å²) in [6, 6.07) is 0. The van der Waals surface area contributed by atoms with Crippen molar-refractivity contribution in [1.82, 2.24) is 0 Å². The van der Waals surface area contributed by atoms with Gasteiger partial charge in [0.1, 0.15) is 0 Å². The van der Waals surface area contributed by atoms with E-state index >= 15 is 0 Å². The summed E-state index contributed by atoms with van der Waals surface area (Å²) < 4.78 is 18.2. The molecule has 2 unspecified atom stereocenters. The Hall–Kier alpha value is -0.597. The zero-order chi connectivity index (χ0) is 14.6. The topological polar surface area (TPSA) is 112 Å². The van der Waals surface area contributed by atoms with Gasteiger partial charge >= 0.3 is 11.9 Å². The monoisotopic (exact) mass is 332 g/mol. The molecule has 110 valence electrons. The summed E-state index contributed by atoms with van der Waals surface area (Å²) in [6.45, 7) is 0.178. The molecule has 0 rings (SSSR count). The summed E-state index contributed by atoms with van der Waals surface area (Å²) in [5, 5.41) is 16.6. The molecule has 19 heavy (non-hydrogen) atoms. The number of carbonyl (C=O) groups is 2. The van der Waals surface area contributed by atoms with Crippen molar-refractivity contribution in [2.75, 3.05) is 41.7 Å². The van der Waals surface area contributed by atoms with Crippen LogP contribution in [-0.2, 0) is 48.0 Å². The molecular formula is C10H20O8Zn. The molecule has 0 fully saturated rings. The van der Waals surface area contributed by atoms with Gasteiger partial charge in [-0.25, -0.2) is 9.59 Å². The first kappa shape index (κ1) is 23.5. The van der Waals surface area contributed by atoms with Crippen molar-refractivity contribution in [3.05, 3.63) is 0 Å². The quantitative estimate of drug-likeness (QED) is 0.570. The minimum absolute atomic E-state index is 0. The van der Waals surface area contributed by atoms with Gasteiger partial charge in [0, 0.05) is 47.9 Å². The van der Waals surface area contributed by atoms with Crippen molar-refractivity contribution in [2.45, 2.75) is 12.2 Å². The second-order valence-corrected chi connectivity index (χ2v) is 3.04. The maximum Gasteiger partial charge on any atom is 0.335 e. The zero-order valence-corrected chi connectivity index (χ0v) is 14.6. The van der Waals surface area contributed by atoms with Crippen LogP contribution in [0.25, 0.3) is 0 Å². The van der Waals surface area contributed by atoms with Crippen LogP contribution in [0.15, 0.2) is 0 Å². The Kier molecular flexibility index (Phi) is 19.1. The van der Waals surface area contributed by atoms with Crippen molar-refractivity contribution in [1.29, 1.82) is 0 Å². The molecule has 0 saturated carbocycles. The Labute approximate surface area is 124 Å². The molecule has 0 aromatic carbocycles. The number of carboxylic acid groups (broad SMARTS) is 2. The largest absolute Gasteiger partial charge is 0.479 e. The number of carboxylic acids is 2. The summed E-state index contributed by atoms with van der Waals surface area (Å²) in [5.41, 5.74) is 0. The molecule has 8 nitrogen and oxygen atoms in total. The summed E-state index contributed by atoms with van der Waals surface area (Å²) in [5.74, 6) is -2.00. The molecule has 0 amide bonds. The van der Waals surface area contributed by atoms with Gasteiger partial charge in [0.2, 0.25) is 0 Å². The molecule has 0 aromatic heterocycles. The van der Waals surface area contributed by atoms with Crippen molar-refractivity contribution in [3.8, 4) is 0 Å². The van der Waals surface area contributed by atoms with E-state index in [-0.39, 0.29) is 32.7 Å². The van der Waals surface area contributed by atoms with Crippen molar-refractivity contribution in [2.24, 2.45) is 0 Å². The molecule has 2 atom stereocenters. The Morgan fingerprint density at radius 1 is 0.842 bits per heavy atom. The van der Waals surface area contributed by atoms with Crippen LogP contribution in [0.4, 0.5) is 0 Å². The fourth-order valence-corrected chi connectivity index (χ4v) is 0.783. The number of ether oxygens (including phenoxy) is 4. The molecular weight excluding hydrogens is 313 g/mol. The van der Waals surface area contributed by atoms with Crippen LogP contribution < -0.4 is 0 Å². The van der Waals surface area contributed by atoms with E-state index in [9.17, 15) is 9.59 Å². The molecule has 9 heteroatoms. The molecule has 0 aromatic rings. The van der Waals surface area contributed by atoms with Crippen LogP contribution in [0.2, 0.25) is 0 Å². The van der Waals surface area contributed by atoms with Crippen LogP contribution in [0, 0.1) is 0 Å². The van der Waals surface area contributed by atoms with Gasteiger partial charge in [-0.1, -0.05) is 0 Å². The SMILES string of the molecule is COCC(OC)C(=O)O.COCC(OC)C(=O)O.[Zn]. The first-order chi connectivity index (χ1) is 8.44. The van der Waals surface area contributed by atoms with Gasteiger partial charge in [0.05, 0.1) is 13.2 Å². The third-order valence-electron chi connectivity index (χ3n) is 1.76. The zero-order valence-electron chi connectivity index (χ0n) is 11.6. The Morgan fingerprint density at radius 2 is 1.11 bits per heavy atom. The van der Waals surface area contributed by atoms with E-state index in [0.717, 1.165) is 0 Å². The third kappa shape index (κ3) is 13.6. The first-order valence-electron chi connectivity index (χ1n) is 4.93. The van der Waals surface area contributed by atoms with Crippen molar-refractivity contribution in [3.63, 3.8) is 0 Å². The first-order valence-corrected chi connectivity index (χ1v) is 4.93. The molecule has 0 aliphatic rings. The second-order valence-electron chi connectivity index (χ2n) is 3.04. The van der Waals surface area contributed by atoms with Gasteiger partial charge in [-0.3, -0.25) is 0 Å². The predicted octanol–water partition coefficient (Wildman–Crippen LogP) is -0.538. The minimum Gasteiger partial charge on any atom is -0.479 e. The molecule has 0 heterocycles. The van der Waals surface area contributed by atoms with Crippen molar-refractivity contribution >= 4 is 11.9 Å². The fraction of sp³-hybridized carbons (Fsp3) is 0.800. The average Bonchev–Trinajstić information content (AvgIpc) is 2.32. The van der Waals surface area contributed by atoms with Crippen LogP contribution in [0.5, 0.6) is 0 Å². The van der Waals surface area contributed by atoms with E-state index in [2.05, 4.69) is 18.9 Å². The maximum atomic E-state index is 10.1. The molecule has 0 saturated heterocycles. The van der Waals surface area contributed by atoms with Crippen LogP contribution in [0.3, 0.4) is 0 Å². The third-order valence-corrected chi connectivity index (χ3v) is 1.76. The van der Waals surface area contributed by atoms with Gasteiger partial charge in [-0.15, -0.1) is 0 Å². The molecule has 0 radical (unpaired) electrons. The fourth-order valence-electron chi connectivity index (χ4n) is 0.783. The smallest absolute Gasteiger partial charge is 0.335 e. The van der Waals surface area contributed by atoms with Gasteiger partial charge in [-0.05, 0) is 0 Å². The molecule has 0 spiro atoms. The minimum atomic E-state index is -1.00. The van der Waals surface area contributed by atoms with Gasteiger partial charge in [-0.2, -0.15) is 0 Å². The molecule has 2 N–H and O–H groups in total. The molecule has 0 aliphatic heterocycles. The maximum absolute atomic E-state index is 10.1. The summed E-state index contributed by atoms with van der Waals surface area (Å²) in [4.78, 5) is 20.2. The van der Waals surface area contributed by atoms with Gasteiger partial charge in [0.15, 0.2) is 12.2 Å². The summed E-state index contributed by atoms with van der Waals surface area (Å²) in [7, 11) is 5.51. The molecule has 0 bridgehead atoms. The van der Waals surface area contributed by atoms with E-state index < -0.39 is 24.1 Å². The van der Waals surface area contributed by atoms with Crippen molar-refractivity contribution < 1.29 is 58.2 Å². The molecule has 0 aliphatic carbocycles. The summed E-state index contributed by atoms with van der Waals surface area (Å²) >= 11 is 0. The number of hydrogen-bond donors (Lipinski definition) is 2. The number of methoxy groups -OCH3 is 4. The van der Waals surface area contributed by atoms with E-state index in [0.29, 0.717) is 0 Å². The van der Waals surface area contributed by atoms with E-state index in [1.54, 1.807) is 0 Å². The van der Waals surface area contributed by atoms with E-state index in [1.807, 2.05) is 0 Å². The van der Waals surface area contributed by atoms with Crippen LogP contribution in [0.1, 0.15) is 0 Å². The van der Waals surface area contributed by atoms with Crippen LogP contribution in [-0.4, -0.2) is 76.0 Å². The predicted molar refractivity (Wildman–Crippen MR) is 60.6 cm³/mol. The van der Waals surface area contributed by atoms with E-state index in [4.69, 9.17) is 10.2 Å². The number of hydrogen-bond acceptors (Lipinski definition) is 6. The Balaban J connectivity index is -0.000000256. The number of rotatable bonds is 8.